The normalized spacial score (nSPS) is 11.2. The van der Waals surface area contributed by atoms with E-state index in [1.54, 1.807) is 0 Å². The molecule has 232 valence electrons. The Hall–Kier alpha value is -3.88. The van der Waals surface area contributed by atoms with Crippen molar-refractivity contribution in [2.75, 3.05) is 64.2 Å². The van der Waals surface area contributed by atoms with Gasteiger partial charge in [-0.2, -0.15) is 0 Å². The Morgan fingerprint density at radius 1 is 0.929 bits per heavy atom. The Balaban J connectivity index is 1.50. The minimum absolute atomic E-state index is 0.0549. The molecule has 8 N–H and O–H groups in total. The number of hydrogen-bond acceptors (Lipinski definition) is 11. The Morgan fingerprint density at radius 2 is 1.62 bits per heavy atom. The number of nitrogen functional groups attached to an aromatic ring is 2. The topological polar surface area (TPSA) is 211 Å². The van der Waals surface area contributed by atoms with Gasteiger partial charge in [-0.3, -0.25) is 15.1 Å². The number of ether oxygens (including phenoxy) is 4. The van der Waals surface area contributed by atoms with Crippen LogP contribution >= 0.6 is 11.6 Å². The maximum Gasteiger partial charge on any atom is 0.407 e. The quantitative estimate of drug-likeness (QED) is 0.0886. The molecule has 0 unspecified atom stereocenters. The first-order valence-electron chi connectivity index (χ1n) is 13.8. The Kier molecular flexibility index (Phi) is 16.4. The summed E-state index contributed by atoms with van der Waals surface area (Å²) in [5.41, 5.74) is 17.9. The highest BCUT2D eigenvalue weighted by atomic mass is 35.5. The van der Waals surface area contributed by atoms with E-state index >= 15 is 0 Å². The number of nitrogens with two attached hydrogens (primary N) is 3. The Morgan fingerprint density at radius 3 is 2.33 bits per heavy atom. The van der Waals surface area contributed by atoms with E-state index in [0.717, 1.165) is 43.4 Å². The average Bonchev–Trinajstić information content (AvgIpc) is 2.96. The number of amides is 2. The van der Waals surface area contributed by atoms with Gasteiger partial charge in [-0.05, 0) is 43.4 Å². The molecule has 0 atom stereocenters. The third-order valence-corrected chi connectivity index (χ3v) is 5.85. The first-order valence-corrected chi connectivity index (χ1v) is 14.2. The summed E-state index contributed by atoms with van der Waals surface area (Å²) in [6.07, 6.45) is 4.03. The van der Waals surface area contributed by atoms with Crippen LogP contribution in [0.4, 0.5) is 16.4 Å². The number of anilines is 2. The number of nitrogens with zero attached hydrogens (tertiary/aromatic N) is 3. The van der Waals surface area contributed by atoms with Crippen molar-refractivity contribution in [2.45, 2.75) is 39.0 Å². The summed E-state index contributed by atoms with van der Waals surface area (Å²) in [7, 11) is 0. The fourth-order valence-corrected chi connectivity index (χ4v) is 3.50. The van der Waals surface area contributed by atoms with Crippen molar-refractivity contribution in [1.29, 1.82) is 0 Å². The van der Waals surface area contributed by atoms with Crippen LogP contribution in [-0.4, -0.2) is 80.7 Å². The molecule has 42 heavy (non-hydrogen) atoms. The smallest absolute Gasteiger partial charge is 0.407 e. The number of aliphatic imine (C=N–C) groups is 1. The SMILES string of the molecule is CCCCNC(=O)OCCOCCOCCOc1ccc(CCCCN=C(N)NC(=O)c2nc(Cl)c(N)nc2N)cc1. The van der Waals surface area contributed by atoms with E-state index < -0.39 is 12.0 Å². The van der Waals surface area contributed by atoms with Gasteiger partial charge >= 0.3 is 6.09 Å². The second kappa shape index (κ2) is 20.1. The third-order valence-electron chi connectivity index (χ3n) is 5.57. The molecule has 2 aromatic rings. The molecule has 1 heterocycles. The van der Waals surface area contributed by atoms with Crippen LogP contribution in [0.15, 0.2) is 29.3 Å². The van der Waals surface area contributed by atoms with Crippen molar-refractivity contribution in [3.63, 3.8) is 0 Å². The van der Waals surface area contributed by atoms with Crippen LogP contribution in [0.25, 0.3) is 0 Å². The van der Waals surface area contributed by atoms with Crippen molar-refractivity contribution >= 4 is 41.2 Å². The van der Waals surface area contributed by atoms with Crippen molar-refractivity contribution in [2.24, 2.45) is 10.7 Å². The average molecular weight is 609 g/mol. The monoisotopic (exact) mass is 608 g/mol. The standard InChI is InChI=1S/C27H41ClN8O6/c1-2-3-11-33-27(38)42-18-16-40-14-13-39-15-17-41-20-9-7-19(8-10-20)6-4-5-12-32-26(31)36-25(37)21-23(29)35-24(30)22(28)34-21/h7-10H,2-6,11-18H2,1H3,(H,33,38)(H4,29,30,35)(H3,31,32,36,37). The number of guanidine groups is 1. The van der Waals surface area contributed by atoms with Crippen LogP contribution in [0, 0.1) is 0 Å². The molecule has 0 fully saturated rings. The number of aryl methyl sites for hydroxylation is 1. The first kappa shape index (κ1) is 34.3. The van der Waals surface area contributed by atoms with Crippen LogP contribution in [0.2, 0.25) is 5.15 Å². The maximum absolute atomic E-state index is 12.3. The fourth-order valence-electron chi connectivity index (χ4n) is 3.37. The molecule has 2 rings (SSSR count). The number of nitrogens with one attached hydrogen (secondary N) is 2. The van der Waals surface area contributed by atoms with Gasteiger partial charge in [0.15, 0.2) is 28.4 Å². The number of aromatic nitrogens is 2. The molecule has 0 aliphatic rings. The predicted octanol–water partition coefficient (Wildman–Crippen LogP) is 2.30. The number of hydrogen-bond donors (Lipinski definition) is 5. The molecule has 0 spiro atoms. The number of benzene rings is 1. The summed E-state index contributed by atoms with van der Waals surface area (Å²) in [4.78, 5) is 35.4. The minimum Gasteiger partial charge on any atom is -0.491 e. The molecular weight excluding hydrogens is 568 g/mol. The van der Waals surface area contributed by atoms with Crippen molar-refractivity contribution in [3.05, 3.63) is 40.7 Å². The third kappa shape index (κ3) is 14.1. The van der Waals surface area contributed by atoms with Crippen LogP contribution in [0.3, 0.4) is 0 Å². The van der Waals surface area contributed by atoms with Gasteiger partial charge in [-0.25, -0.2) is 14.8 Å². The van der Waals surface area contributed by atoms with Crippen LogP contribution < -0.4 is 32.6 Å². The number of carbonyl (C=O) groups excluding carboxylic acids is 2. The lowest BCUT2D eigenvalue weighted by Gasteiger charge is -2.09. The summed E-state index contributed by atoms with van der Waals surface area (Å²) < 4.78 is 21.6. The highest BCUT2D eigenvalue weighted by molar-refractivity contribution is 6.31. The highest BCUT2D eigenvalue weighted by Gasteiger charge is 2.16. The molecule has 2 amide bonds. The van der Waals surface area contributed by atoms with Gasteiger partial charge in [-0.1, -0.05) is 37.1 Å². The van der Waals surface area contributed by atoms with Gasteiger partial charge in [0.2, 0.25) is 0 Å². The predicted molar refractivity (Wildman–Crippen MR) is 161 cm³/mol. The zero-order chi connectivity index (χ0) is 30.6. The lowest BCUT2D eigenvalue weighted by Crippen LogP contribution is -2.38. The fraction of sp³-hybridized carbons (Fsp3) is 0.519. The molecule has 15 heteroatoms. The van der Waals surface area contributed by atoms with Crippen LogP contribution in [0.5, 0.6) is 5.75 Å². The molecule has 0 saturated heterocycles. The minimum atomic E-state index is -0.673. The molecule has 1 aromatic heterocycles. The Bertz CT molecular complexity index is 1140. The summed E-state index contributed by atoms with van der Waals surface area (Å²) in [5, 5.41) is 4.95. The molecule has 0 aliphatic carbocycles. The van der Waals surface area contributed by atoms with E-state index in [4.69, 9.17) is 47.7 Å². The zero-order valence-corrected chi connectivity index (χ0v) is 24.7. The number of alkyl carbamates (subject to hydrolysis) is 1. The zero-order valence-electron chi connectivity index (χ0n) is 23.9. The number of rotatable bonds is 19. The summed E-state index contributed by atoms with van der Waals surface area (Å²) in [5.74, 6) is -0.191. The summed E-state index contributed by atoms with van der Waals surface area (Å²) in [6.45, 7) is 5.31. The second-order valence-electron chi connectivity index (χ2n) is 8.95. The van der Waals surface area contributed by atoms with E-state index in [1.807, 2.05) is 24.3 Å². The van der Waals surface area contributed by atoms with E-state index in [9.17, 15) is 9.59 Å². The molecule has 1 aromatic carbocycles. The second-order valence-corrected chi connectivity index (χ2v) is 9.30. The van der Waals surface area contributed by atoms with Crippen molar-refractivity contribution in [1.82, 2.24) is 20.6 Å². The molecule has 14 nitrogen and oxygen atoms in total. The van der Waals surface area contributed by atoms with Gasteiger partial charge in [0.25, 0.3) is 5.91 Å². The van der Waals surface area contributed by atoms with Gasteiger partial charge in [0.05, 0.1) is 26.4 Å². The van der Waals surface area contributed by atoms with E-state index in [0.29, 0.717) is 46.1 Å². The van der Waals surface area contributed by atoms with Crippen LogP contribution in [-0.2, 0) is 20.6 Å². The summed E-state index contributed by atoms with van der Waals surface area (Å²) >= 11 is 5.79. The lowest BCUT2D eigenvalue weighted by molar-refractivity contribution is 0.0209. The van der Waals surface area contributed by atoms with Gasteiger partial charge < -0.3 is 41.5 Å². The molecule has 0 aliphatic heterocycles. The molecule has 0 radical (unpaired) electrons. The van der Waals surface area contributed by atoms with E-state index in [2.05, 4.69) is 32.5 Å². The molecule has 0 saturated carbocycles. The van der Waals surface area contributed by atoms with Gasteiger partial charge in [0, 0.05) is 13.1 Å². The number of carbonyl (C=O) groups is 2. The maximum atomic E-state index is 12.3. The largest absolute Gasteiger partial charge is 0.491 e. The Labute approximate surface area is 250 Å². The number of halogens is 1. The lowest BCUT2D eigenvalue weighted by atomic mass is 10.1. The highest BCUT2D eigenvalue weighted by Crippen LogP contribution is 2.17. The van der Waals surface area contributed by atoms with Gasteiger partial charge in [0.1, 0.15) is 19.0 Å². The van der Waals surface area contributed by atoms with E-state index in [1.165, 1.54) is 0 Å². The summed E-state index contributed by atoms with van der Waals surface area (Å²) in [6, 6.07) is 7.86. The number of unbranched alkanes of at least 4 members (excludes halogenated alkanes) is 2. The van der Waals surface area contributed by atoms with Crippen molar-refractivity contribution < 1.29 is 28.5 Å². The van der Waals surface area contributed by atoms with Gasteiger partial charge in [-0.15, -0.1) is 0 Å². The van der Waals surface area contributed by atoms with E-state index in [-0.39, 0.29) is 35.0 Å². The van der Waals surface area contributed by atoms with Crippen molar-refractivity contribution in [3.8, 4) is 5.75 Å². The molecular formula is C27H41ClN8O6. The first-order chi connectivity index (χ1) is 20.3. The molecule has 0 bridgehead atoms. The van der Waals surface area contributed by atoms with Crippen LogP contribution in [0.1, 0.15) is 48.7 Å².